The van der Waals surface area contributed by atoms with Crippen LogP contribution in [0, 0.1) is 11.3 Å². The summed E-state index contributed by atoms with van der Waals surface area (Å²) >= 11 is 3.50. The van der Waals surface area contributed by atoms with E-state index in [4.69, 9.17) is 0 Å². The van der Waals surface area contributed by atoms with Gasteiger partial charge in [0.25, 0.3) is 0 Å². The summed E-state index contributed by atoms with van der Waals surface area (Å²) in [6.45, 7) is 3.88. The fourth-order valence-electron chi connectivity index (χ4n) is 4.64. The van der Waals surface area contributed by atoms with Crippen LogP contribution in [0.4, 0.5) is 0 Å². The molecular formula is C22H25N3OS2. The van der Waals surface area contributed by atoms with Crippen molar-refractivity contribution in [1.82, 2.24) is 14.8 Å². The van der Waals surface area contributed by atoms with E-state index < -0.39 is 0 Å². The van der Waals surface area contributed by atoms with E-state index >= 15 is 0 Å². The minimum Gasteiger partial charge on any atom is -0.340 e. The molecule has 5 rings (SSSR count). The average molecular weight is 412 g/mol. The molecule has 1 aliphatic heterocycles. The van der Waals surface area contributed by atoms with Gasteiger partial charge in [-0.1, -0.05) is 18.2 Å². The standard InChI is InChI=1S/C22H25N3OS2/c1-24(12-17-14-27-15-23-17)21(26)19-11-22(19)6-8-25(9-7-22)13-18-10-16-4-2-3-5-20(16)28-18/h2-5,10,14-15,19H,6-9,11-13H2,1H3. The van der Waals surface area contributed by atoms with E-state index in [1.165, 1.54) is 15.0 Å². The van der Waals surface area contributed by atoms with Crippen LogP contribution in [0.1, 0.15) is 29.8 Å². The first-order chi connectivity index (χ1) is 13.6. The molecule has 28 heavy (non-hydrogen) atoms. The summed E-state index contributed by atoms with van der Waals surface area (Å²) in [6, 6.07) is 11.0. The number of amides is 1. The number of carbonyl (C=O) groups excluding carboxylic acids is 1. The molecule has 2 aromatic heterocycles. The predicted octanol–water partition coefficient (Wildman–Crippen LogP) is 4.62. The lowest BCUT2D eigenvalue weighted by atomic mass is 9.90. The summed E-state index contributed by atoms with van der Waals surface area (Å²) in [6.07, 6.45) is 3.38. The third kappa shape index (κ3) is 3.49. The highest BCUT2D eigenvalue weighted by Crippen LogP contribution is 2.60. The number of nitrogens with zero attached hydrogens (tertiary/aromatic N) is 3. The molecule has 2 fully saturated rings. The zero-order valence-electron chi connectivity index (χ0n) is 16.1. The van der Waals surface area contributed by atoms with Gasteiger partial charge in [-0.2, -0.15) is 0 Å². The molecule has 1 spiro atoms. The van der Waals surface area contributed by atoms with Gasteiger partial charge in [-0.05, 0) is 55.3 Å². The minimum atomic E-state index is 0.225. The SMILES string of the molecule is CN(Cc1cscn1)C(=O)C1CC12CCN(Cc1cc3ccccc3s1)CC2. The zero-order chi connectivity index (χ0) is 19.1. The quantitative estimate of drug-likeness (QED) is 0.615. The Morgan fingerprint density at radius 1 is 1.32 bits per heavy atom. The Bertz CT molecular complexity index is 940. The molecule has 4 nitrogen and oxygen atoms in total. The number of piperidine rings is 1. The van der Waals surface area contributed by atoms with E-state index in [1.807, 2.05) is 34.2 Å². The van der Waals surface area contributed by atoms with E-state index in [2.05, 4.69) is 40.2 Å². The van der Waals surface area contributed by atoms with Crippen molar-refractivity contribution < 1.29 is 4.79 Å². The predicted molar refractivity (Wildman–Crippen MR) is 115 cm³/mol. The molecule has 1 saturated carbocycles. The first kappa shape index (κ1) is 18.3. The van der Waals surface area contributed by atoms with Gasteiger partial charge in [-0.25, -0.2) is 4.98 Å². The lowest BCUT2D eigenvalue weighted by Crippen LogP contribution is -2.37. The summed E-state index contributed by atoms with van der Waals surface area (Å²) in [5.74, 6) is 0.536. The second kappa shape index (κ2) is 7.25. The van der Waals surface area contributed by atoms with Crippen LogP contribution in [-0.4, -0.2) is 40.8 Å². The van der Waals surface area contributed by atoms with Crippen LogP contribution >= 0.6 is 22.7 Å². The average Bonchev–Trinajstić information content (AvgIpc) is 3.04. The Morgan fingerprint density at radius 2 is 2.14 bits per heavy atom. The smallest absolute Gasteiger partial charge is 0.226 e. The minimum absolute atomic E-state index is 0.225. The van der Waals surface area contributed by atoms with Crippen LogP contribution in [0.5, 0.6) is 0 Å². The highest BCUT2D eigenvalue weighted by Gasteiger charge is 2.58. The molecule has 1 amide bonds. The maximum Gasteiger partial charge on any atom is 0.226 e. The Hall–Kier alpha value is -1.76. The molecule has 3 heterocycles. The Morgan fingerprint density at radius 3 is 2.89 bits per heavy atom. The summed E-state index contributed by atoms with van der Waals surface area (Å²) in [5.41, 5.74) is 3.09. The number of aromatic nitrogens is 1. The van der Waals surface area contributed by atoms with E-state index in [0.717, 1.165) is 44.6 Å². The van der Waals surface area contributed by atoms with Gasteiger partial charge in [0.15, 0.2) is 0 Å². The normalized spacial score (nSPS) is 21.2. The summed E-state index contributed by atoms with van der Waals surface area (Å²) in [7, 11) is 1.92. The number of thiophene rings is 1. The van der Waals surface area contributed by atoms with Gasteiger partial charge in [0.05, 0.1) is 17.7 Å². The number of thiazole rings is 1. The molecule has 1 atom stereocenters. The van der Waals surface area contributed by atoms with E-state index in [9.17, 15) is 4.79 Å². The molecule has 146 valence electrons. The summed E-state index contributed by atoms with van der Waals surface area (Å²) in [5, 5.41) is 3.38. The molecule has 2 aliphatic rings. The highest BCUT2D eigenvalue weighted by atomic mass is 32.1. The lowest BCUT2D eigenvalue weighted by molar-refractivity contribution is -0.133. The molecule has 0 bridgehead atoms. The van der Waals surface area contributed by atoms with Crippen molar-refractivity contribution in [2.24, 2.45) is 11.3 Å². The van der Waals surface area contributed by atoms with E-state index in [1.54, 1.807) is 11.3 Å². The first-order valence-corrected chi connectivity index (χ1v) is 11.7. The largest absolute Gasteiger partial charge is 0.340 e. The van der Waals surface area contributed by atoms with Crippen LogP contribution in [-0.2, 0) is 17.9 Å². The van der Waals surface area contributed by atoms with Crippen molar-refractivity contribution in [3.63, 3.8) is 0 Å². The van der Waals surface area contributed by atoms with Crippen LogP contribution in [0.2, 0.25) is 0 Å². The summed E-state index contributed by atoms with van der Waals surface area (Å²) < 4.78 is 1.38. The van der Waals surface area contributed by atoms with Crippen molar-refractivity contribution in [2.45, 2.75) is 32.4 Å². The first-order valence-electron chi connectivity index (χ1n) is 9.95. The van der Waals surface area contributed by atoms with E-state index in [0.29, 0.717) is 12.5 Å². The Kier molecular flexibility index (Phi) is 4.73. The van der Waals surface area contributed by atoms with Crippen molar-refractivity contribution in [1.29, 1.82) is 0 Å². The molecule has 1 aromatic carbocycles. The van der Waals surface area contributed by atoms with Crippen LogP contribution < -0.4 is 0 Å². The number of fused-ring (bicyclic) bond motifs is 1. The maximum atomic E-state index is 12.9. The number of rotatable bonds is 5. The van der Waals surface area contributed by atoms with Gasteiger partial charge >= 0.3 is 0 Å². The Labute approximate surface area is 173 Å². The van der Waals surface area contributed by atoms with Gasteiger partial charge in [-0.3, -0.25) is 9.69 Å². The van der Waals surface area contributed by atoms with Crippen LogP contribution in [0.25, 0.3) is 10.1 Å². The highest BCUT2D eigenvalue weighted by molar-refractivity contribution is 7.19. The number of carbonyl (C=O) groups is 1. The van der Waals surface area contributed by atoms with E-state index in [-0.39, 0.29) is 11.3 Å². The molecular weight excluding hydrogens is 386 g/mol. The molecule has 3 aromatic rings. The van der Waals surface area contributed by atoms with Crippen LogP contribution in [0.15, 0.2) is 41.2 Å². The number of hydrogen-bond donors (Lipinski definition) is 0. The van der Waals surface area contributed by atoms with Gasteiger partial charge < -0.3 is 4.90 Å². The second-order valence-corrected chi connectivity index (χ2v) is 10.2. The molecule has 0 radical (unpaired) electrons. The van der Waals surface area contributed by atoms with Crippen molar-refractivity contribution >= 4 is 38.7 Å². The van der Waals surface area contributed by atoms with Gasteiger partial charge in [-0.15, -0.1) is 22.7 Å². The number of hydrogen-bond acceptors (Lipinski definition) is 5. The third-order valence-electron chi connectivity index (χ3n) is 6.45. The van der Waals surface area contributed by atoms with Crippen molar-refractivity contribution in [3.05, 3.63) is 51.8 Å². The maximum absolute atomic E-state index is 12.9. The van der Waals surface area contributed by atoms with Crippen molar-refractivity contribution in [3.8, 4) is 0 Å². The monoisotopic (exact) mass is 411 g/mol. The molecule has 1 saturated heterocycles. The van der Waals surface area contributed by atoms with Gasteiger partial charge in [0.1, 0.15) is 0 Å². The van der Waals surface area contributed by atoms with Crippen LogP contribution in [0.3, 0.4) is 0 Å². The molecule has 1 aliphatic carbocycles. The van der Waals surface area contributed by atoms with Gasteiger partial charge in [0.2, 0.25) is 5.91 Å². The molecule has 6 heteroatoms. The topological polar surface area (TPSA) is 36.4 Å². The second-order valence-electron chi connectivity index (χ2n) is 8.32. The fourth-order valence-corrected chi connectivity index (χ4v) is 6.30. The molecule has 1 unspecified atom stereocenters. The fraction of sp³-hybridized carbons (Fsp3) is 0.455. The Balaban J connectivity index is 1.15. The summed E-state index contributed by atoms with van der Waals surface area (Å²) in [4.78, 5) is 23.1. The molecule has 0 N–H and O–H groups in total. The lowest BCUT2D eigenvalue weighted by Gasteiger charge is -2.32. The zero-order valence-corrected chi connectivity index (χ0v) is 17.8. The van der Waals surface area contributed by atoms with Crippen molar-refractivity contribution in [2.75, 3.05) is 20.1 Å². The number of benzene rings is 1. The number of likely N-dealkylation sites (tertiary alicyclic amines) is 1. The third-order valence-corrected chi connectivity index (χ3v) is 8.19. The van der Waals surface area contributed by atoms with Gasteiger partial charge in [0, 0.05) is 34.5 Å².